The number of rotatable bonds is 8. The van der Waals surface area contributed by atoms with Crippen LogP contribution in [0.5, 0.6) is 5.75 Å². The van der Waals surface area contributed by atoms with E-state index >= 15 is 0 Å². The standard InChI is InChI=1S/C30H37N3O4S2/c1-20-4-7-28(37-18-25-6-5-23(15-21(25)2)17-32-10-12-39(36)13-11-32)26(14-20)27-19-38-30(31-27)33-9-8-24(29(34)35)16-22(33)3/h4-7,14-15,19,22,24H,8-13,16-18H2,1-3H3,(H,34,35). The summed E-state index contributed by atoms with van der Waals surface area (Å²) in [6.45, 7) is 10.1. The van der Waals surface area contributed by atoms with E-state index in [9.17, 15) is 14.1 Å². The average Bonchev–Trinajstić information content (AvgIpc) is 3.40. The van der Waals surface area contributed by atoms with Gasteiger partial charge in [-0.1, -0.05) is 29.8 Å². The van der Waals surface area contributed by atoms with Crippen LogP contribution in [-0.2, 0) is 28.7 Å². The summed E-state index contributed by atoms with van der Waals surface area (Å²) < 4.78 is 18.0. The van der Waals surface area contributed by atoms with E-state index in [1.807, 2.05) is 6.07 Å². The predicted octanol–water partition coefficient (Wildman–Crippen LogP) is 5.26. The van der Waals surface area contributed by atoms with Gasteiger partial charge in [0.25, 0.3) is 0 Å². The molecule has 2 aliphatic heterocycles. The Morgan fingerprint density at radius 2 is 1.95 bits per heavy atom. The van der Waals surface area contributed by atoms with Crippen LogP contribution in [0, 0.1) is 19.8 Å². The topological polar surface area (TPSA) is 83.0 Å². The van der Waals surface area contributed by atoms with Crippen molar-refractivity contribution in [2.75, 3.05) is 36.0 Å². The molecule has 0 spiro atoms. The first kappa shape index (κ1) is 27.8. The van der Waals surface area contributed by atoms with Gasteiger partial charge in [-0.3, -0.25) is 13.9 Å². The van der Waals surface area contributed by atoms with Gasteiger partial charge in [0, 0.05) is 65.5 Å². The van der Waals surface area contributed by atoms with Crippen molar-refractivity contribution < 1.29 is 18.8 Å². The third kappa shape index (κ3) is 6.70. The molecule has 3 aromatic rings. The molecule has 5 rings (SSSR count). The first-order valence-electron chi connectivity index (χ1n) is 13.6. The van der Waals surface area contributed by atoms with Crippen LogP contribution < -0.4 is 9.64 Å². The molecule has 1 aromatic heterocycles. The third-order valence-corrected chi connectivity index (χ3v) is 9.99. The lowest BCUT2D eigenvalue weighted by atomic mass is 9.92. The molecule has 7 nitrogen and oxygen atoms in total. The largest absolute Gasteiger partial charge is 0.488 e. The minimum atomic E-state index is -0.700. The first-order valence-corrected chi connectivity index (χ1v) is 16.0. The second kappa shape index (κ2) is 12.2. The fourth-order valence-corrected chi connectivity index (χ4v) is 7.52. The number of ether oxygens (including phenoxy) is 1. The lowest BCUT2D eigenvalue weighted by molar-refractivity contribution is -0.142. The van der Waals surface area contributed by atoms with Crippen LogP contribution in [0.3, 0.4) is 0 Å². The van der Waals surface area contributed by atoms with E-state index in [1.165, 1.54) is 11.1 Å². The van der Waals surface area contributed by atoms with Crippen LogP contribution in [0.15, 0.2) is 41.8 Å². The molecule has 2 unspecified atom stereocenters. The van der Waals surface area contributed by atoms with E-state index in [2.05, 4.69) is 66.3 Å². The summed E-state index contributed by atoms with van der Waals surface area (Å²) in [7, 11) is -0.654. The van der Waals surface area contributed by atoms with Gasteiger partial charge in [0.05, 0.1) is 11.6 Å². The Bertz CT molecular complexity index is 1350. The van der Waals surface area contributed by atoms with E-state index in [0.29, 0.717) is 26.0 Å². The number of carboxylic acids is 1. The summed E-state index contributed by atoms with van der Waals surface area (Å²) >= 11 is 1.60. The molecule has 2 aromatic carbocycles. The van der Waals surface area contributed by atoms with Crippen LogP contribution in [0.1, 0.15) is 42.0 Å². The van der Waals surface area contributed by atoms with Crippen molar-refractivity contribution >= 4 is 33.2 Å². The summed E-state index contributed by atoms with van der Waals surface area (Å²) in [4.78, 5) is 21.0. The normalized spacial score (nSPS) is 20.7. The maximum atomic E-state index is 11.6. The molecule has 39 heavy (non-hydrogen) atoms. The molecule has 2 saturated heterocycles. The lowest BCUT2D eigenvalue weighted by Crippen LogP contribution is -2.42. The number of piperidine rings is 1. The number of carboxylic acid groups (broad SMARTS) is 1. The molecule has 3 heterocycles. The van der Waals surface area contributed by atoms with Crippen LogP contribution in [-0.4, -0.2) is 62.4 Å². The minimum absolute atomic E-state index is 0.136. The molecule has 0 amide bonds. The van der Waals surface area contributed by atoms with E-state index in [1.54, 1.807) is 11.3 Å². The van der Waals surface area contributed by atoms with E-state index in [-0.39, 0.29) is 12.0 Å². The van der Waals surface area contributed by atoms with Gasteiger partial charge in [0.1, 0.15) is 12.4 Å². The zero-order valence-electron chi connectivity index (χ0n) is 22.9. The number of nitrogens with zero attached hydrogens (tertiary/aromatic N) is 3. The first-order chi connectivity index (χ1) is 18.8. The second-order valence-electron chi connectivity index (χ2n) is 10.8. The highest BCUT2D eigenvalue weighted by molar-refractivity contribution is 7.85. The summed E-state index contributed by atoms with van der Waals surface area (Å²) in [5.74, 6) is 1.37. The molecule has 0 aliphatic carbocycles. The molecule has 1 N–H and O–H groups in total. The molecule has 208 valence electrons. The number of aromatic nitrogens is 1. The summed E-state index contributed by atoms with van der Waals surface area (Å²) in [6, 6.07) is 12.9. The SMILES string of the molecule is Cc1ccc(OCc2ccc(CN3CCS(=O)CC3)cc2C)c(-c2csc(N3CCC(C(=O)O)CC3C)n2)c1. The Kier molecular flexibility index (Phi) is 8.69. The Balaban J connectivity index is 1.27. The number of aliphatic carboxylic acids is 1. The summed E-state index contributed by atoms with van der Waals surface area (Å²) in [5.41, 5.74) is 6.63. The lowest BCUT2D eigenvalue weighted by Gasteiger charge is -2.36. The van der Waals surface area contributed by atoms with Gasteiger partial charge in [-0.15, -0.1) is 11.3 Å². The number of thiazole rings is 1. The summed E-state index contributed by atoms with van der Waals surface area (Å²) in [5, 5.41) is 12.4. The minimum Gasteiger partial charge on any atom is -0.488 e. The number of hydrogen-bond donors (Lipinski definition) is 1. The van der Waals surface area contributed by atoms with Crippen molar-refractivity contribution in [1.82, 2.24) is 9.88 Å². The number of carbonyl (C=O) groups is 1. The van der Waals surface area contributed by atoms with Crippen molar-refractivity contribution in [3.8, 4) is 17.0 Å². The molecular formula is C30H37N3O4S2. The van der Waals surface area contributed by atoms with Gasteiger partial charge in [-0.05, 0) is 62.4 Å². The molecule has 0 saturated carbocycles. The zero-order chi connectivity index (χ0) is 27.5. The van der Waals surface area contributed by atoms with Crippen LogP contribution in [0.2, 0.25) is 0 Å². The highest BCUT2D eigenvalue weighted by Crippen LogP contribution is 2.37. The zero-order valence-corrected chi connectivity index (χ0v) is 24.5. The van der Waals surface area contributed by atoms with E-state index in [0.717, 1.165) is 64.4 Å². The molecule has 2 fully saturated rings. The maximum Gasteiger partial charge on any atom is 0.306 e. The van der Waals surface area contributed by atoms with Gasteiger partial charge in [-0.25, -0.2) is 4.98 Å². The predicted molar refractivity (Wildman–Crippen MR) is 158 cm³/mol. The fourth-order valence-electron chi connectivity index (χ4n) is 5.44. The molecule has 0 bridgehead atoms. The van der Waals surface area contributed by atoms with E-state index in [4.69, 9.17) is 9.72 Å². The van der Waals surface area contributed by atoms with Gasteiger partial charge in [0.15, 0.2) is 5.13 Å². The summed E-state index contributed by atoms with van der Waals surface area (Å²) in [6.07, 6.45) is 1.28. The van der Waals surface area contributed by atoms with Crippen LogP contribution >= 0.6 is 11.3 Å². The Labute approximate surface area is 237 Å². The molecule has 2 aliphatic rings. The number of benzene rings is 2. The maximum absolute atomic E-state index is 11.6. The molecule has 9 heteroatoms. The van der Waals surface area contributed by atoms with Crippen molar-refractivity contribution in [2.24, 2.45) is 5.92 Å². The molecular weight excluding hydrogens is 530 g/mol. The fraction of sp³-hybridized carbons (Fsp3) is 0.467. The van der Waals surface area contributed by atoms with Crippen molar-refractivity contribution in [3.05, 3.63) is 64.0 Å². The number of aryl methyl sites for hydroxylation is 2. The third-order valence-electron chi connectivity index (χ3n) is 7.84. The average molecular weight is 568 g/mol. The van der Waals surface area contributed by atoms with Crippen LogP contribution in [0.4, 0.5) is 5.13 Å². The quantitative estimate of drug-likeness (QED) is 0.398. The van der Waals surface area contributed by atoms with Crippen LogP contribution in [0.25, 0.3) is 11.3 Å². The van der Waals surface area contributed by atoms with Gasteiger partial charge in [0.2, 0.25) is 0 Å². The van der Waals surface area contributed by atoms with Gasteiger partial charge in [-0.2, -0.15) is 0 Å². The Hall–Kier alpha value is -2.75. The second-order valence-corrected chi connectivity index (χ2v) is 13.3. The Morgan fingerprint density at radius 1 is 1.15 bits per heavy atom. The monoisotopic (exact) mass is 567 g/mol. The Morgan fingerprint density at radius 3 is 2.67 bits per heavy atom. The van der Waals surface area contributed by atoms with Crippen molar-refractivity contribution in [2.45, 2.75) is 52.8 Å². The van der Waals surface area contributed by atoms with Gasteiger partial charge >= 0.3 is 5.97 Å². The molecule has 2 atom stereocenters. The number of hydrogen-bond acceptors (Lipinski definition) is 7. The van der Waals surface area contributed by atoms with E-state index < -0.39 is 16.8 Å². The number of anilines is 1. The smallest absolute Gasteiger partial charge is 0.306 e. The molecule has 0 radical (unpaired) electrons. The van der Waals surface area contributed by atoms with Crippen molar-refractivity contribution in [1.29, 1.82) is 0 Å². The highest BCUT2D eigenvalue weighted by Gasteiger charge is 2.31. The highest BCUT2D eigenvalue weighted by atomic mass is 32.2. The van der Waals surface area contributed by atoms with Gasteiger partial charge < -0.3 is 14.7 Å². The van der Waals surface area contributed by atoms with Crippen molar-refractivity contribution in [3.63, 3.8) is 0 Å².